The Kier molecular flexibility index (Phi) is 4.52. The van der Waals surface area contributed by atoms with Gasteiger partial charge in [-0.3, -0.25) is 4.98 Å². The Morgan fingerprint density at radius 1 is 1.38 bits per heavy atom. The fourth-order valence-corrected chi connectivity index (χ4v) is 2.11. The Hall–Kier alpha value is -2.80. The largest absolute Gasteiger partial charge is 0.449 e. The highest BCUT2D eigenvalue weighted by molar-refractivity contribution is 6.30. The number of hydrogen-bond acceptors (Lipinski definition) is 6. The molecule has 3 aromatic rings. The van der Waals surface area contributed by atoms with Crippen molar-refractivity contribution in [2.24, 2.45) is 0 Å². The summed E-state index contributed by atoms with van der Waals surface area (Å²) < 4.78 is 23.9. The number of aromatic nitrogens is 3. The molecule has 0 saturated carbocycles. The van der Waals surface area contributed by atoms with Crippen molar-refractivity contribution in [3.63, 3.8) is 0 Å². The van der Waals surface area contributed by atoms with Crippen LogP contribution in [0.1, 0.15) is 29.3 Å². The minimum atomic E-state index is -0.872. The number of halogens is 2. The molecule has 0 aliphatic carbocycles. The van der Waals surface area contributed by atoms with Crippen LogP contribution < -0.4 is 0 Å². The standard InChI is InChI=1S/C16H11ClFN3O3/c1-9(23-16(22)12-7-11(17)4-5-13(12)18)15-20-14(21-24-15)10-3-2-6-19-8-10/h2-9H,1H3. The zero-order valence-corrected chi connectivity index (χ0v) is 13.2. The van der Waals surface area contributed by atoms with Crippen molar-refractivity contribution < 1.29 is 18.4 Å². The van der Waals surface area contributed by atoms with Crippen molar-refractivity contribution in [2.75, 3.05) is 0 Å². The lowest BCUT2D eigenvalue weighted by atomic mass is 10.2. The smallest absolute Gasteiger partial charge is 0.341 e. The summed E-state index contributed by atoms with van der Waals surface area (Å²) in [5.74, 6) is -1.19. The second-order valence-corrected chi connectivity index (χ2v) is 5.31. The van der Waals surface area contributed by atoms with Crippen molar-refractivity contribution in [3.05, 3.63) is 65.0 Å². The molecule has 0 aliphatic rings. The fourth-order valence-electron chi connectivity index (χ4n) is 1.94. The van der Waals surface area contributed by atoms with E-state index in [9.17, 15) is 9.18 Å². The van der Waals surface area contributed by atoms with E-state index in [0.29, 0.717) is 11.4 Å². The molecule has 1 aromatic carbocycles. The molecule has 0 saturated heterocycles. The number of esters is 1. The van der Waals surface area contributed by atoms with Gasteiger partial charge >= 0.3 is 5.97 Å². The normalized spacial score (nSPS) is 12.0. The molecule has 24 heavy (non-hydrogen) atoms. The van der Waals surface area contributed by atoms with Gasteiger partial charge in [0.05, 0.1) is 5.56 Å². The molecule has 1 atom stereocenters. The third-order valence-electron chi connectivity index (χ3n) is 3.14. The van der Waals surface area contributed by atoms with E-state index in [1.165, 1.54) is 12.1 Å². The summed E-state index contributed by atoms with van der Waals surface area (Å²) in [5, 5.41) is 4.04. The summed E-state index contributed by atoms with van der Waals surface area (Å²) in [6.45, 7) is 1.54. The Morgan fingerprint density at radius 2 is 2.21 bits per heavy atom. The SMILES string of the molecule is CC(OC(=O)c1cc(Cl)ccc1F)c1nc(-c2cccnc2)no1. The van der Waals surface area contributed by atoms with Gasteiger partial charge in [0.1, 0.15) is 5.82 Å². The van der Waals surface area contributed by atoms with Crippen molar-refractivity contribution in [2.45, 2.75) is 13.0 Å². The number of ether oxygens (including phenoxy) is 1. The molecule has 0 aliphatic heterocycles. The summed E-state index contributed by atoms with van der Waals surface area (Å²) in [4.78, 5) is 20.2. The van der Waals surface area contributed by atoms with E-state index in [4.69, 9.17) is 20.9 Å². The average Bonchev–Trinajstić information content (AvgIpc) is 3.08. The molecule has 6 nitrogen and oxygen atoms in total. The van der Waals surface area contributed by atoms with Crippen LogP contribution in [0.2, 0.25) is 5.02 Å². The quantitative estimate of drug-likeness (QED) is 0.667. The molecule has 0 amide bonds. The number of nitrogens with zero attached hydrogens (tertiary/aromatic N) is 3. The molecule has 122 valence electrons. The van der Waals surface area contributed by atoms with Crippen LogP contribution in [0.5, 0.6) is 0 Å². The van der Waals surface area contributed by atoms with E-state index in [-0.39, 0.29) is 16.5 Å². The fraction of sp³-hybridized carbons (Fsp3) is 0.125. The minimum Gasteiger partial charge on any atom is -0.449 e. The van der Waals surface area contributed by atoms with Gasteiger partial charge in [0.15, 0.2) is 6.10 Å². The van der Waals surface area contributed by atoms with Crippen LogP contribution in [-0.2, 0) is 4.74 Å². The number of carbonyl (C=O) groups is 1. The highest BCUT2D eigenvalue weighted by Crippen LogP contribution is 2.22. The first-order valence-corrected chi connectivity index (χ1v) is 7.32. The van der Waals surface area contributed by atoms with E-state index in [1.807, 2.05) is 0 Å². The molecule has 0 spiro atoms. The highest BCUT2D eigenvalue weighted by Gasteiger charge is 2.22. The zero-order chi connectivity index (χ0) is 17.1. The molecular formula is C16H11ClFN3O3. The monoisotopic (exact) mass is 347 g/mol. The maximum atomic E-state index is 13.7. The second-order valence-electron chi connectivity index (χ2n) is 4.87. The van der Waals surface area contributed by atoms with Gasteiger partial charge in [-0.05, 0) is 37.3 Å². The Labute approximate surface area is 141 Å². The van der Waals surface area contributed by atoms with Gasteiger partial charge < -0.3 is 9.26 Å². The Morgan fingerprint density at radius 3 is 2.96 bits per heavy atom. The molecular weight excluding hydrogens is 337 g/mol. The van der Waals surface area contributed by atoms with Crippen LogP contribution in [-0.4, -0.2) is 21.1 Å². The summed E-state index contributed by atoms with van der Waals surface area (Å²) in [7, 11) is 0. The van der Waals surface area contributed by atoms with Crippen molar-refractivity contribution >= 4 is 17.6 Å². The molecule has 2 heterocycles. The second kappa shape index (κ2) is 6.76. The van der Waals surface area contributed by atoms with Gasteiger partial charge in [-0.1, -0.05) is 16.8 Å². The number of carbonyl (C=O) groups excluding carboxylic acids is 1. The molecule has 0 N–H and O–H groups in total. The van der Waals surface area contributed by atoms with Crippen molar-refractivity contribution in [1.29, 1.82) is 0 Å². The van der Waals surface area contributed by atoms with Gasteiger partial charge in [-0.25, -0.2) is 9.18 Å². The maximum absolute atomic E-state index is 13.7. The predicted octanol–water partition coefficient (Wildman–Crippen LogP) is 3.84. The van der Waals surface area contributed by atoms with Crippen molar-refractivity contribution in [1.82, 2.24) is 15.1 Å². The van der Waals surface area contributed by atoms with Crippen LogP contribution >= 0.6 is 11.6 Å². The molecule has 2 aromatic heterocycles. The molecule has 0 radical (unpaired) electrons. The van der Waals surface area contributed by atoms with Crippen LogP contribution in [0.4, 0.5) is 4.39 Å². The Balaban J connectivity index is 1.75. The maximum Gasteiger partial charge on any atom is 0.341 e. The van der Waals surface area contributed by atoms with Crippen LogP contribution in [0.25, 0.3) is 11.4 Å². The number of rotatable bonds is 4. The summed E-state index contributed by atoms with van der Waals surface area (Å²) in [6.07, 6.45) is 2.34. The first-order chi connectivity index (χ1) is 11.5. The topological polar surface area (TPSA) is 78.1 Å². The van der Waals surface area contributed by atoms with E-state index in [1.54, 1.807) is 31.5 Å². The van der Waals surface area contributed by atoms with E-state index in [0.717, 1.165) is 6.07 Å². The van der Waals surface area contributed by atoms with E-state index < -0.39 is 17.9 Å². The predicted molar refractivity (Wildman–Crippen MR) is 82.8 cm³/mol. The van der Waals surface area contributed by atoms with Gasteiger partial charge in [0.25, 0.3) is 5.89 Å². The summed E-state index contributed by atoms with van der Waals surface area (Å²) in [6, 6.07) is 7.13. The molecule has 0 bridgehead atoms. The molecule has 0 fully saturated rings. The van der Waals surface area contributed by atoms with Gasteiger partial charge in [-0.15, -0.1) is 0 Å². The lowest BCUT2D eigenvalue weighted by Crippen LogP contribution is -2.11. The third kappa shape index (κ3) is 3.41. The first-order valence-electron chi connectivity index (χ1n) is 6.94. The van der Waals surface area contributed by atoms with Crippen molar-refractivity contribution in [3.8, 4) is 11.4 Å². The van der Waals surface area contributed by atoms with E-state index >= 15 is 0 Å². The Bertz CT molecular complexity index is 870. The molecule has 3 rings (SSSR count). The number of benzene rings is 1. The first kappa shape index (κ1) is 16.1. The van der Waals surface area contributed by atoms with E-state index in [2.05, 4.69) is 15.1 Å². The number of hydrogen-bond donors (Lipinski definition) is 0. The van der Waals surface area contributed by atoms with Gasteiger partial charge in [-0.2, -0.15) is 4.98 Å². The van der Waals surface area contributed by atoms with Gasteiger partial charge in [0.2, 0.25) is 5.82 Å². The van der Waals surface area contributed by atoms with Crippen LogP contribution in [0, 0.1) is 5.82 Å². The lowest BCUT2D eigenvalue weighted by Gasteiger charge is -2.09. The average molecular weight is 348 g/mol. The summed E-state index contributed by atoms with van der Waals surface area (Å²) in [5.41, 5.74) is 0.397. The number of pyridine rings is 1. The zero-order valence-electron chi connectivity index (χ0n) is 12.4. The lowest BCUT2D eigenvalue weighted by molar-refractivity contribution is 0.0260. The summed E-state index contributed by atoms with van der Waals surface area (Å²) >= 11 is 5.76. The van der Waals surface area contributed by atoms with Crippen LogP contribution in [0.15, 0.2) is 47.2 Å². The van der Waals surface area contributed by atoms with Gasteiger partial charge in [0, 0.05) is 23.0 Å². The molecule has 1 unspecified atom stereocenters. The highest BCUT2D eigenvalue weighted by atomic mass is 35.5. The molecule has 8 heteroatoms. The third-order valence-corrected chi connectivity index (χ3v) is 3.38. The van der Waals surface area contributed by atoms with Crippen LogP contribution in [0.3, 0.4) is 0 Å². The minimum absolute atomic E-state index is 0.0876.